The van der Waals surface area contributed by atoms with Crippen LogP contribution < -0.4 is 10.6 Å². The fraction of sp³-hybridized carbons (Fsp3) is 0.500. The molecule has 20 heavy (non-hydrogen) atoms. The molecular formula is C14H21ClN2O2S. The third-order valence-electron chi connectivity index (χ3n) is 2.35. The molecule has 1 amide bonds. The number of rotatable bonds is 8. The second kappa shape index (κ2) is 9.23. The van der Waals surface area contributed by atoms with Crippen LogP contribution in [0.5, 0.6) is 0 Å². The summed E-state index contributed by atoms with van der Waals surface area (Å²) in [6.07, 6.45) is 0. The molecule has 0 saturated carbocycles. The van der Waals surface area contributed by atoms with Crippen LogP contribution in [-0.2, 0) is 9.53 Å². The molecule has 0 atom stereocenters. The summed E-state index contributed by atoms with van der Waals surface area (Å²) in [5.74, 6) is -0.0889. The van der Waals surface area contributed by atoms with E-state index in [9.17, 15) is 4.79 Å². The van der Waals surface area contributed by atoms with E-state index in [4.69, 9.17) is 16.3 Å². The summed E-state index contributed by atoms with van der Waals surface area (Å²) >= 11 is 7.68. The van der Waals surface area contributed by atoms with E-state index >= 15 is 0 Å². The van der Waals surface area contributed by atoms with Gasteiger partial charge in [0.25, 0.3) is 0 Å². The quantitative estimate of drug-likeness (QED) is 0.572. The first-order valence-electron chi connectivity index (χ1n) is 6.48. The van der Waals surface area contributed by atoms with Gasteiger partial charge >= 0.3 is 0 Å². The summed E-state index contributed by atoms with van der Waals surface area (Å²) in [7, 11) is 1.63. The maximum Gasteiger partial charge on any atom is 0.238 e. The Kier molecular flexibility index (Phi) is 7.99. The topological polar surface area (TPSA) is 50.4 Å². The van der Waals surface area contributed by atoms with Crippen molar-refractivity contribution in [1.82, 2.24) is 5.32 Å². The molecule has 1 rings (SSSR count). The van der Waals surface area contributed by atoms with E-state index in [-0.39, 0.29) is 12.5 Å². The molecule has 0 aliphatic rings. The summed E-state index contributed by atoms with van der Waals surface area (Å²) < 4.78 is 4.91. The number of thioether (sulfide) groups is 1. The minimum atomic E-state index is -0.0889. The molecule has 0 unspecified atom stereocenters. The zero-order valence-electron chi connectivity index (χ0n) is 12.0. The molecule has 112 valence electrons. The number of hydrogen-bond acceptors (Lipinski definition) is 4. The van der Waals surface area contributed by atoms with Crippen LogP contribution in [0.4, 0.5) is 5.69 Å². The Hall–Kier alpha value is -0.750. The maximum atomic E-state index is 11.9. The van der Waals surface area contributed by atoms with Crippen molar-refractivity contribution in [3.8, 4) is 0 Å². The molecular weight excluding hydrogens is 296 g/mol. The first-order valence-corrected chi connectivity index (χ1v) is 7.74. The van der Waals surface area contributed by atoms with Gasteiger partial charge in [-0.05, 0) is 18.2 Å². The van der Waals surface area contributed by atoms with Gasteiger partial charge in [-0.1, -0.05) is 25.4 Å². The van der Waals surface area contributed by atoms with Crippen LogP contribution in [0.25, 0.3) is 0 Å². The molecule has 0 saturated heterocycles. The SMILES string of the molecule is COCCNCC(=O)Nc1cc(Cl)ccc1SC(C)C. The summed E-state index contributed by atoms with van der Waals surface area (Å²) in [4.78, 5) is 12.9. The molecule has 0 bridgehead atoms. The van der Waals surface area contributed by atoms with Crippen molar-refractivity contribution in [2.24, 2.45) is 0 Å². The van der Waals surface area contributed by atoms with Crippen LogP contribution >= 0.6 is 23.4 Å². The highest BCUT2D eigenvalue weighted by molar-refractivity contribution is 8.00. The van der Waals surface area contributed by atoms with Gasteiger partial charge in [0.15, 0.2) is 0 Å². The van der Waals surface area contributed by atoms with Crippen molar-refractivity contribution < 1.29 is 9.53 Å². The fourth-order valence-electron chi connectivity index (χ4n) is 1.53. The van der Waals surface area contributed by atoms with Crippen molar-refractivity contribution >= 4 is 35.0 Å². The number of methoxy groups -OCH3 is 1. The Morgan fingerprint density at radius 2 is 2.20 bits per heavy atom. The van der Waals surface area contributed by atoms with Gasteiger partial charge in [-0.15, -0.1) is 11.8 Å². The zero-order chi connectivity index (χ0) is 15.0. The first kappa shape index (κ1) is 17.3. The number of ether oxygens (including phenoxy) is 1. The van der Waals surface area contributed by atoms with Gasteiger partial charge in [0, 0.05) is 28.8 Å². The van der Waals surface area contributed by atoms with Gasteiger partial charge in [0.2, 0.25) is 5.91 Å². The summed E-state index contributed by atoms with van der Waals surface area (Å²) in [6.45, 7) is 5.70. The molecule has 0 fully saturated rings. The third kappa shape index (κ3) is 6.61. The predicted octanol–water partition coefficient (Wildman–Crippen LogP) is 3.02. The van der Waals surface area contributed by atoms with E-state index in [2.05, 4.69) is 24.5 Å². The standard InChI is InChI=1S/C14H21ClN2O2S/c1-10(2)20-13-5-4-11(15)8-12(13)17-14(18)9-16-6-7-19-3/h4-5,8,10,16H,6-7,9H2,1-3H3,(H,17,18). The van der Waals surface area contributed by atoms with Crippen molar-refractivity contribution in [1.29, 1.82) is 0 Å². The van der Waals surface area contributed by atoms with Gasteiger partial charge < -0.3 is 15.4 Å². The van der Waals surface area contributed by atoms with Crippen molar-refractivity contribution in [3.05, 3.63) is 23.2 Å². The van der Waals surface area contributed by atoms with Crippen LogP contribution in [0, 0.1) is 0 Å². The third-order valence-corrected chi connectivity index (χ3v) is 3.66. The molecule has 0 aliphatic heterocycles. The van der Waals surface area contributed by atoms with Crippen molar-refractivity contribution in [3.63, 3.8) is 0 Å². The molecule has 6 heteroatoms. The van der Waals surface area contributed by atoms with Gasteiger partial charge in [0.1, 0.15) is 0 Å². The zero-order valence-corrected chi connectivity index (χ0v) is 13.6. The number of halogens is 1. The lowest BCUT2D eigenvalue weighted by molar-refractivity contribution is -0.115. The second-order valence-corrected chi connectivity index (χ2v) is 6.58. The predicted molar refractivity (Wildman–Crippen MR) is 85.8 cm³/mol. The Labute approximate surface area is 129 Å². The number of nitrogens with one attached hydrogen (secondary N) is 2. The summed E-state index contributed by atoms with van der Waals surface area (Å²) in [6, 6.07) is 5.54. The minimum absolute atomic E-state index is 0.0889. The molecule has 1 aromatic rings. The normalized spacial score (nSPS) is 10.8. The smallest absolute Gasteiger partial charge is 0.238 e. The van der Waals surface area contributed by atoms with Crippen LogP contribution in [0.1, 0.15) is 13.8 Å². The molecule has 0 radical (unpaired) electrons. The number of hydrogen-bond donors (Lipinski definition) is 2. The monoisotopic (exact) mass is 316 g/mol. The molecule has 2 N–H and O–H groups in total. The number of carbonyl (C=O) groups is 1. The molecule has 0 aromatic heterocycles. The molecule has 1 aromatic carbocycles. The van der Waals surface area contributed by atoms with Crippen LogP contribution in [0.15, 0.2) is 23.1 Å². The number of anilines is 1. The highest BCUT2D eigenvalue weighted by Crippen LogP contribution is 2.32. The average molecular weight is 317 g/mol. The lowest BCUT2D eigenvalue weighted by atomic mass is 10.3. The molecule has 0 aliphatic carbocycles. The number of benzene rings is 1. The first-order chi connectivity index (χ1) is 9.52. The Morgan fingerprint density at radius 3 is 2.85 bits per heavy atom. The van der Waals surface area contributed by atoms with E-state index in [1.165, 1.54) is 0 Å². The number of amides is 1. The Morgan fingerprint density at radius 1 is 1.45 bits per heavy atom. The van der Waals surface area contributed by atoms with Gasteiger partial charge in [-0.3, -0.25) is 4.79 Å². The van der Waals surface area contributed by atoms with E-state index in [0.717, 1.165) is 10.6 Å². The van der Waals surface area contributed by atoms with Crippen LogP contribution in [0.2, 0.25) is 5.02 Å². The van der Waals surface area contributed by atoms with E-state index < -0.39 is 0 Å². The van der Waals surface area contributed by atoms with Gasteiger partial charge in [-0.2, -0.15) is 0 Å². The highest BCUT2D eigenvalue weighted by Gasteiger charge is 2.09. The fourth-order valence-corrected chi connectivity index (χ4v) is 2.59. The van der Waals surface area contributed by atoms with Crippen LogP contribution in [0.3, 0.4) is 0 Å². The Balaban J connectivity index is 2.60. The minimum Gasteiger partial charge on any atom is -0.383 e. The van der Waals surface area contributed by atoms with Gasteiger partial charge in [0.05, 0.1) is 18.8 Å². The van der Waals surface area contributed by atoms with E-state index in [1.54, 1.807) is 24.9 Å². The molecule has 0 spiro atoms. The average Bonchev–Trinajstić information content (AvgIpc) is 2.37. The maximum absolute atomic E-state index is 11.9. The van der Waals surface area contributed by atoms with Crippen LogP contribution in [-0.4, -0.2) is 38.0 Å². The van der Waals surface area contributed by atoms with Crippen molar-refractivity contribution in [2.75, 3.05) is 32.1 Å². The summed E-state index contributed by atoms with van der Waals surface area (Å²) in [5.41, 5.74) is 0.759. The molecule has 4 nitrogen and oxygen atoms in total. The lowest BCUT2D eigenvalue weighted by Crippen LogP contribution is -2.30. The molecule has 0 heterocycles. The lowest BCUT2D eigenvalue weighted by Gasteiger charge is -2.13. The summed E-state index contributed by atoms with van der Waals surface area (Å²) in [5, 5.41) is 6.94. The van der Waals surface area contributed by atoms with Crippen molar-refractivity contribution in [2.45, 2.75) is 24.0 Å². The van der Waals surface area contributed by atoms with Gasteiger partial charge in [-0.25, -0.2) is 0 Å². The van der Waals surface area contributed by atoms with E-state index in [0.29, 0.717) is 23.4 Å². The van der Waals surface area contributed by atoms with E-state index in [1.807, 2.05) is 12.1 Å². The highest BCUT2D eigenvalue weighted by atomic mass is 35.5. The second-order valence-electron chi connectivity index (χ2n) is 4.52. The largest absolute Gasteiger partial charge is 0.383 e. The Bertz CT molecular complexity index is 441. The number of carbonyl (C=O) groups excluding carboxylic acids is 1.